The minimum absolute atomic E-state index is 0.0264. The number of rotatable bonds is 8. The highest BCUT2D eigenvalue weighted by Gasteiger charge is 2.24. The minimum Gasteiger partial charge on any atom is -0.493 e. The maximum absolute atomic E-state index is 13.1. The summed E-state index contributed by atoms with van der Waals surface area (Å²) < 4.78 is 16.7. The third-order valence-corrected chi connectivity index (χ3v) is 6.85. The number of benzene rings is 1. The van der Waals surface area contributed by atoms with Crippen LogP contribution in [0.1, 0.15) is 21.9 Å². The Kier molecular flexibility index (Phi) is 6.84. The van der Waals surface area contributed by atoms with Crippen molar-refractivity contribution in [2.75, 3.05) is 33.3 Å². The monoisotopic (exact) mass is 497 g/mol. The van der Waals surface area contributed by atoms with Crippen LogP contribution in [-0.2, 0) is 13.2 Å². The van der Waals surface area contributed by atoms with Gasteiger partial charge in [0.25, 0.3) is 5.91 Å². The lowest BCUT2D eigenvalue weighted by molar-refractivity contribution is 0.0614. The molecule has 176 valence electrons. The summed E-state index contributed by atoms with van der Waals surface area (Å²) in [5.41, 5.74) is 4.16. The van der Waals surface area contributed by atoms with Gasteiger partial charge in [0.05, 0.1) is 24.9 Å². The predicted molar refractivity (Wildman–Crippen MR) is 128 cm³/mol. The van der Waals surface area contributed by atoms with Gasteiger partial charge in [0.15, 0.2) is 11.5 Å². The van der Waals surface area contributed by atoms with Crippen molar-refractivity contribution in [2.24, 2.45) is 0 Å². The molecule has 3 aromatic heterocycles. The van der Waals surface area contributed by atoms with Crippen LogP contribution >= 0.6 is 22.7 Å². The summed E-state index contributed by atoms with van der Waals surface area (Å²) >= 11 is 3.12. The lowest BCUT2D eigenvalue weighted by Gasteiger charge is -2.34. The molecule has 9 nitrogen and oxygen atoms in total. The molecule has 1 saturated heterocycles. The van der Waals surface area contributed by atoms with E-state index in [4.69, 9.17) is 14.0 Å². The maximum Gasteiger partial charge on any atom is 0.254 e. The van der Waals surface area contributed by atoms with Gasteiger partial charge in [-0.2, -0.15) is 16.3 Å². The van der Waals surface area contributed by atoms with Crippen LogP contribution in [-0.4, -0.2) is 64.1 Å². The number of hydrogen-bond acceptors (Lipinski definition) is 10. The number of nitrogens with zero attached hydrogens (tertiary/aromatic N) is 5. The van der Waals surface area contributed by atoms with E-state index in [2.05, 4.69) is 20.0 Å². The fraction of sp³-hybridized carbons (Fsp3) is 0.304. The first kappa shape index (κ1) is 22.5. The van der Waals surface area contributed by atoms with E-state index < -0.39 is 0 Å². The molecule has 0 N–H and O–H groups in total. The first-order chi connectivity index (χ1) is 16.7. The molecule has 0 bridgehead atoms. The van der Waals surface area contributed by atoms with Crippen LogP contribution in [0.4, 0.5) is 0 Å². The molecule has 1 aliphatic rings. The molecule has 5 rings (SSSR count). The van der Waals surface area contributed by atoms with Crippen molar-refractivity contribution in [1.29, 1.82) is 0 Å². The molecule has 1 aromatic carbocycles. The Morgan fingerprint density at radius 3 is 2.74 bits per heavy atom. The number of carbonyl (C=O) groups is 1. The number of ether oxygens (including phenoxy) is 2. The third-order valence-electron chi connectivity index (χ3n) is 5.54. The lowest BCUT2D eigenvalue weighted by Crippen LogP contribution is -2.48. The van der Waals surface area contributed by atoms with Gasteiger partial charge < -0.3 is 18.9 Å². The Morgan fingerprint density at radius 1 is 1.12 bits per heavy atom. The lowest BCUT2D eigenvalue weighted by atomic mass is 10.1. The number of carbonyl (C=O) groups excluding carboxylic acids is 1. The molecule has 1 aliphatic heterocycles. The van der Waals surface area contributed by atoms with E-state index in [1.165, 1.54) is 11.3 Å². The van der Waals surface area contributed by atoms with Crippen molar-refractivity contribution < 1.29 is 18.8 Å². The number of thiazole rings is 1. The predicted octanol–water partition coefficient (Wildman–Crippen LogP) is 3.80. The number of amides is 1. The fourth-order valence-corrected chi connectivity index (χ4v) is 4.87. The standard InChI is InChI=1S/C23H23N5O4S2/c1-30-20-10-16(2-3-19(20)31-12-18-14-34-15-24-18)23(29)28-7-5-27(6-8-28)11-21-25-22(26-32-21)17-4-9-33-13-17/h2-4,9-10,13-15H,5-8,11-12H2,1H3. The van der Waals surface area contributed by atoms with Gasteiger partial charge >= 0.3 is 0 Å². The highest BCUT2D eigenvalue weighted by atomic mass is 32.1. The van der Waals surface area contributed by atoms with Gasteiger partial charge in [-0.25, -0.2) is 4.98 Å². The van der Waals surface area contributed by atoms with Gasteiger partial charge in [-0.1, -0.05) is 5.16 Å². The van der Waals surface area contributed by atoms with Crippen LogP contribution in [0.3, 0.4) is 0 Å². The first-order valence-corrected chi connectivity index (χ1v) is 12.6. The molecular weight excluding hydrogens is 474 g/mol. The third kappa shape index (κ3) is 5.11. The number of piperazine rings is 1. The average Bonchev–Trinajstić information content (AvgIpc) is 3.66. The van der Waals surface area contributed by atoms with Crippen LogP contribution in [0.5, 0.6) is 11.5 Å². The van der Waals surface area contributed by atoms with Crippen molar-refractivity contribution in [3.63, 3.8) is 0 Å². The van der Waals surface area contributed by atoms with Gasteiger partial charge in [-0.3, -0.25) is 9.69 Å². The van der Waals surface area contributed by atoms with Crippen LogP contribution in [0.15, 0.2) is 50.4 Å². The van der Waals surface area contributed by atoms with Crippen LogP contribution < -0.4 is 9.47 Å². The summed E-state index contributed by atoms with van der Waals surface area (Å²) in [4.78, 5) is 25.9. The average molecular weight is 498 g/mol. The molecule has 1 amide bonds. The smallest absolute Gasteiger partial charge is 0.254 e. The molecule has 1 fully saturated rings. The minimum atomic E-state index is -0.0264. The molecular formula is C23H23N5O4S2. The second kappa shape index (κ2) is 10.3. The van der Waals surface area contributed by atoms with E-state index in [9.17, 15) is 4.79 Å². The largest absolute Gasteiger partial charge is 0.493 e. The fourth-order valence-electron chi connectivity index (χ4n) is 3.69. The number of thiophene rings is 1. The van der Waals surface area contributed by atoms with Crippen molar-refractivity contribution in [2.45, 2.75) is 13.2 Å². The zero-order chi connectivity index (χ0) is 23.3. The molecule has 4 heterocycles. The Hall–Kier alpha value is -3.28. The van der Waals surface area contributed by atoms with Crippen LogP contribution in [0.25, 0.3) is 11.4 Å². The summed E-state index contributed by atoms with van der Waals surface area (Å²) in [7, 11) is 1.57. The van der Waals surface area contributed by atoms with E-state index >= 15 is 0 Å². The summed E-state index contributed by atoms with van der Waals surface area (Å²) in [6.45, 7) is 3.62. The van der Waals surface area contributed by atoms with E-state index in [0.29, 0.717) is 55.0 Å². The Balaban J connectivity index is 1.16. The second-order valence-corrected chi connectivity index (χ2v) is 9.22. The second-order valence-electron chi connectivity index (χ2n) is 7.73. The Morgan fingerprint density at radius 2 is 2.00 bits per heavy atom. The van der Waals surface area contributed by atoms with Gasteiger partial charge in [0.1, 0.15) is 6.61 Å². The topological polar surface area (TPSA) is 93.8 Å². The molecule has 0 saturated carbocycles. The molecule has 4 aromatic rings. The van der Waals surface area contributed by atoms with Crippen molar-refractivity contribution in [3.8, 4) is 22.9 Å². The summed E-state index contributed by atoms with van der Waals surface area (Å²) in [5, 5.41) is 9.98. The molecule has 0 unspecified atom stereocenters. The zero-order valence-electron chi connectivity index (χ0n) is 18.5. The summed E-state index contributed by atoms with van der Waals surface area (Å²) in [6.07, 6.45) is 0. The quantitative estimate of drug-likeness (QED) is 0.363. The molecule has 0 spiro atoms. The van der Waals surface area contributed by atoms with Gasteiger partial charge in [-0.05, 0) is 29.6 Å². The van der Waals surface area contributed by atoms with Crippen molar-refractivity contribution in [3.05, 3.63) is 63.1 Å². The highest BCUT2D eigenvalue weighted by Crippen LogP contribution is 2.29. The van der Waals surface area contributed by atoms with E-state index in [-0.39, 0.29) is 5.91 Å². The Bertz CT molecular complexity index is 1220. The SMILES string of the molecule is COc1cc(C(=O)N2CCN(Cc3nc(-c4ccsc4)no3)CC2)ccc1OCc1cscn1. The number of aromatic nitrogens is 3. The van der Waals surface area contributed by atoms with Gasteiger partial charge in [0.2, 0.25) is 11.7 Å². The maximum atomic E-state index is 13.1. The van der Waals surface area contributed by atoms with E-state index in [1.54, 1.807) is 42.2 Å². The van der Waals surface area contributed by atoms with Gasteiger partial charge in [0, 0.05) is 48.1 Å². The highest BCUT2D eigenvalue weighted by molar-refractivity contribution is 7.08. The van der Waals surface area contributed by atoms with Gasteiger partial charge in [-0.15, -0.1) is 11.3 Å². The summed E-state index contributed by atoms with van der Waals surface area (Å²) in [5.74, 6) is 2.27. The number of hydrogen-bond donors (Lipinski definition) is 0. The van der Waals surface area contributed by atoms with Crippen molar-refractivity contribution >= 4 is 28.6 Å². The molecule has 0 aliphatic carbocycles. The molecule has 11 heteroatoms. The molecule has 34 heavy (non-hydrogen) atoms. The van der Waals surface area contributed by atoms with Crippen LogP contribution in [0.2, 0.25) is 0 Å². The van der Waals surface area contributed by atoms with E-state index in [0.717, 1.165) is 24.3 Å². The first-order valence-electron chi connectivity index (χ1n) is 10.7. The van der Waals surface area contributed by atoms with Crippen molar-refractivity contribution in [1.82, 2.24) is 24.9 Å². The van der Waals surface area contributed by atoms with E-state index in [1.807, 2.05) is 27.1 Å². The Labute approximate surface area is 204 Å². The molecule has 0 radical (unpaired) electrons. The van der Waals surface area contributed by atoms with Crippen LogP contribution in [0, 0.1) is 0 Å². The number of methoxy groups -OCH3 is 1. The zero-order valence-corrected chi connectivity index (χ0v) is 20.2. The normalized spacial score (nSPS) is 14.3. The molecule has 0 atom stereocenters. The summed E-state index contributed by atoms with van der Waals surface area (Å²) in [6, 6.07) is 7.25.